The molecule has 0 saturated heterocycles. The van der Waals surface area contributed by atoms with Gasteiger partial charge in [0.25, 0.3) is 0 Å². The molecule has 1 N–H and O–H groups in total. The summed E-state index contributed by atoms with van der Waals surface area (Å²) in [6.07, 6.45) is 2.10. The molecule has 4 rings (SSSR count). The first-order valence-electron chi connectivity index (χ1n) is 12.9. The number of nitrogens with zero attached hydrogens (tertiary/aromatic N) is 5. The third-order valence-corrected chi connectivity index (χ3v) is 6.77. The van der Waals surface area contributed by atoms with Crippen LogP contribution in [0.25, 0.3) is 16.9 Å². The van der Waals surface area contributed by atoms with Crippen molar-refractivity contribution in [3.05, 3.63) is 36.4 Å². The Morgan fingerprint density at radius 2 is 2.03 bits per heavy atom. The monoisotopic (exact) mass is 534 g/mol. The van der Waals surface area contributed by atoms with E-state index in [1.807, 2.05) is 26.0 Å². The van der Waals surface area contributed by atoms with Gasteiger partial charge in [0, 0.05) is 43.0 Å². The lowest BCUT2D eigenvalue weighted by Crippen LogP contribution is -2.46. The van der Waals surface area contributed by atoms with Gasteiger partial charge in [0.15, 0.2) is 11.4 Å². The fourth-order valence-corrected chi connectivity index (χ4v) is 4.66. The molecule has 2 atom stereocenters. The average Bonchev–Trinajstić information content (AvgIpc) is 3.37. The van der Waals surface area contributed by atoms with E-state index in [0.717, 1.165) is 6.42 Å². The number of methoxy groups -OCH3 is 1. The number of amides is 2. The van der Waals surface area contributed by atoms with E-state index >= 15 is 0 Å². The molecule has 0 unspecified atom stereocenters. The number of carbonyl (C=O) groups is 1. The molecule has 9 nitrogen and oxygen atoms in total. The van der Waals surface area contributed by atoms with E-state index in [1.165, 1.54) is 0 Å². The number of fused-ring (bicyclic) bond motifs is 7. The van der Waals surface area contributed by atoms with Crippen LogP contribution >= 0.6 is 0 Å². The average molecular weight is 535 g/mol. The van der Waals surface area contributed by atoms with Gasteiger partial charge in [-0.3, -0.25) is 4.98 Å². The summed E-state index contributed by atoms with van der Waals surface area (Å²) in [5.74, 6) is 1.06. The second-order valence-corrected chi connectivity index (χ2v) is 9.36. The van der Waals surface area contributed by atoms with Gasteiger partial charge in [-0.15, -0.1) is 0 Å². The molecular formula is C26H33F3N6O3. The Balaban J connectivity index is 1.72. The SMILES string of the molecule is CCN1C(=O)N[C@@H](CCC(F)(F)F)CCCCCOc2cc(nn3ccnc23)-c2cc(ncc2OC)[C@H]1C. The first-order chi connectivity index (χ1) is 18.2. The van der Waals surface area contributed by atoms with Crippen LogP contribution in [0, 0.1) is 0 Å². The molecular weight excluding hydrogens is 501 g/mol. The Labute approximate surface area is 219 Å². The third-order valence-electron chi connectivity index (χ3n) is 6.77. The number of hydrogen-bond donors (Lipinski definition) is 1. The second kappa shape index (κ2) is 11.9. The van der Waals surface area contributed by atoms with Crippen molar-refractivity contribution < 1.29 is 27.4 Å². The first kappa shape index (κ1) is 27.5. The van der Waals surface area contributed by atoms with E-state index in [-0.39, 0.29) is 6.42 Å². The number of nitrogens with one attached hydrogen (secondary N) is 1. The molecule has 0 aromatic carbocycles. The number of pyridine rings is 1. The number of urea groups is 1. The highest BCUT2D eigenvalue weighted by Crippen LogP contribution is 2.34. The smallest absolute Gasteiger partial charge is 0.389 e. The predicted molar refractivity (Wildman–Crippen MR) is 135 cm³/mol. The van der Waals surface area contributed by atoms with E-state index in [4.69, 9.17) is 9.47 Å². The van der Waals surface area contributed by atoms with Crippen molar-refractivity contribution in [3.8, 4) is 22.8 Å². The van der Waals surface area contributed by atoms with Crippen LogP contribution < -0.4 is 14.8 Å². The van der Waals surface area contributed by atoms with E-state index in [1.54, 1.807) is 35.1 Å². The first-order valence-corrected chi connectivity index (χ1v) is 12.9. The number of carbonyl (C=O) groups excluding carboxylic acids is 1. The molecule has 3 aromatic heterocycles. The molecule has 0 radical (unpaired) electrons. The molecule has 1 aliphatic heterocycles. The topological polar surface area (TPSA) is 93.9 Å². The van der Waals surface area contributed by atoms with E-state index in [0.29, 0.717) is 66.5 Å². The molecule has 206 valence electrons. The summed E-state index contributed by atoms with van der Waals surface area (Å²) in [5.41, 5.74) is 2.41. The van der Waals surface area contributed by atoms with Gasteiger partial charge in [-0.05, 0) is 45.6 Å². The van der Waals surface area contributed by atoms with Crippen LogP contribution in [-0.2, 0) is 0 Å². The number of hydrogen-bond acceptors (Lipinski definition) is 6. The molecule has 12 heteroatoms. The van der Waals surface area contributed by atoms with Gasteiger partial charge in [0.1, 0.15) is 5.75 Å². The molecule has 3 aromatic rings. The lowest BCUT2D eigenvalue weighted by Gasteiger charge is -2.30. The minimum atomic E-state index is -4.28. The number of halogens is 3. The Morgan fingerprint density at radius 3 is 2.76 bits per heavy atom. The zero-order valence-electron chi connectivity index (χ0n) is 21.8. The standard InChI is InChI=1S/C26H33F3N6O3/c1-4-34-17(2)20-14-19(23(37-3)16-31-20)21-15-22(24-30-11-12-35(24)33-21)38-13-7-5-6-8-18(32-25(34)36)9-10-26(27,28)29/h11-12,14-18H,4-10,13H2,1-3H3,(H,32,36)/t17-,18-/m1/s1. The minimum absolute atomic E-state index is 0.169. The lowest BCUT2D eigenvalue weighted by atomic mass is 10.0. The third kappa shape index (κ3) is 6.46. The molecule has 2 amide bonds. The molecule has 0 fully saturated rings. The van der Waals surface area contributed by atoms with Crippen molar-refractivity contribution in [1.82, 2.24) is 29.8 Å². The Morgan fingerprint density at radius 1 is 1.21 bits per heavy atom. The van der Waals surface area contributed by atoms with Crippen molar-refractivity contribution in [1.29, 1.82) is 0 Å². The predicted octanol–water partition coefficient (Wildman–Crippen LogP) is 5.56. The van der Waals surface area contributed by atoms with Gasteiger partial charge in [0.2, 0.25) is 0 Å². The summed E-state index contributed by atoms with van der Waals surface area (Å²) in [5, 5.41) is 7.53. The highest BCUT2D eigenvalue weighted by atomic mass is 19.4. The maximum Gasteiger partial charge on any atom is 0.389 e. The van der Waals surface area contributed by atoms with Crippen LogP contribution in [-0.4, -0.2) is 63.0 Å². The normalized spacial score (nSPS) is 19.5. The van der Waals surface area contributed by atoms with Crippen LogP contribution in [0.2, 0.25) is 0 Å². The molecule has 0 spiro atoms. The quantitative estimate of drug-likeness (QED) is 0.471. The number of aromatic nitrogens is 4. The van der Waals surface area contributed by atoms with Crippen molar-refractivity contribution >= 4 is 11.7 Å². The van der Waals surface area contributed by atoms with Crippen molar-refractivity contribution in [2.75, 3.05) is 20.3 Å². The van der Waals surface area contributed by atoms with E-state index in [9.17, 15) is 18.0 Å². The highest BCUT2D eigenvalue weighted by Gasteiger charge is 2.30. The number of imidazole rings is 1. The zero-order chi connectivity index (χ0) is 27.3. The summed E-state index contributed by atoms with van der Waals surface area (Å²) in [6, 6.07) is 2.15. The Hall–Kier alpha value is -3.57. The van der Waals surface area contributed by atoms with Crippen molar-refractivity contribution in [2.45, 2.75) is 70.6 Å². The largest absolute Gasteiger partial charge is 0.494 e. The lowest BCUT2D eigenvalue weighted by molar-refractivity contribution is -0.136. The van der Waals surface area contributed by atoms with E-state index in [2.05, 4.69) is 20.4 Å². The van der Waals surface area contributed by atoms with Gasteiger partial charge >= 0.3 is 12.2 Å². The van der Waals surface area contributed by atoms with Crippen LogP contribution in [0.15, 0.2) is 30.7 Å². The zero-order valence-corrected chi connectivity index (χ0v) is 21.8. The van der Waals surface area contributed by atoms with Crippen LogP contribution in [0.4, 0.5) is 18.0 Å². The highest BCUT2D eigenvalue weighted by molar-refractivity contribution is 5.75. The van der Waals surface area contributed by atoms with E-state index < -0.39 is 30.7 Å². The Kier molecular flexibility index (Phi) is 8.58. The van der Waals surface area contributed by atoms with Gasteiger partial charge < -0.3 is 19.7 Å². The van der Waals surface area contributed by atoms with Crippen LogP contribution in [0.3, 0.4) is 0 Å². The summed E-state index contributed by atoms with van der Waals surface area (Å²) in [4.78, 5) is 23.7. The number of ether oxygens (including phenoxy) is 2. The summed E-state index contributed by atoms with van der Waals surface area (Å²) < 4.78 is 52.2. The summed E-state index contributed by atoms with van der Waals surface area (Å²) >= 11 is 0. The van der Waals surface area contributed by atoms with Gasteiger partial charge in [0.05, 0.1) is 37.3 Å². The molecule has 1 aliphatic rings. The van der Waals surface area contributed by atoms with Gasteiger partial charge in [-0.1, -0.05) is 6.42 Å². The summed E-state index contributed by atoms with van der Waals surface area (Å²) in [7, 11) is 1.54. The van der Waals surface area contributed by atoms with Gasteiger partial charge in [-0.2, -0.15) is 18.3 Å². The minimum Gasteiger partial charge on any atom is -0.494 e. The maximum absolute atomic E-state index is 13.3. The van der Waals surface area contributed by atoms with Crippen LogP contribution in [0.1, 0.15) is 64.1 Å². The van der Waals surface area contributed by atoms with Crippen LogP contribution in [0.5, 0.6) is 11.5 Å². The van der Waals surface area contributed by atoms with Crippen molar-refractivity contribution in [2.24, 2.45) is 0 Å². The molecule has 38 heavy (non-hydrogen) atoms. The molecule has 4 bridgehead atoms. The molecule has 0 saturated carbocycles. The fraction of sp³-hybridized carbons (Fsp3) is 0.538. The molecule has 4 heterocycles. The maximum atomic E-state index is 13.3. The fourth-order valence-electron chi connectivity index (χ4n) is 4.66. The number of alkyl halides is 3. The number of rotatable bonds is 4. The Bertz CT molecular complexity index is 1250. The van der Waals surface area contributed by atoms with Gasteiger partial charge in [-0.25, -0.2) is 14.3 Å². The summed E-state index contributed by atoms with van der Waals surface area (Å²) in [6.45, 7) is 4.41. The second-order valence-electron chi connectivity index (χ2n) is 9.36. The van der Waals surface area contributed by atoms with Crippen molar-refractivity contribution in [3.63, 3.8) is 0 Å². The molecule has 0 aliphatic carbocycles.